The van der Waals surface area contributed by atoms with Gasteiger partial charge in [0.05, 0.1) is 0 Å². The van der Waals surface area contributed by atoms with Gasteiger partial charge < -0.3 is 0 Å². The molecule has 16 heavy (non-hydrogen) atoms. The fraction of sp³-hybridized carbons (Fsp3) is 0.667. The average Bonchev–Trinajstić information content (AvgIpc) is 2.25. The third-order valence-corrected chi connectivity index (χ3v) is 4.35. The van der Waals surface area contributed by atoms with E-state index in [-0.39, 0.29) is 0 Å². The third-order valence-electron chi connectivity index (χ3n) is 1.67. The van der Waals surface area contributed by atoms with Crippen LogP contribution in [0.5, 0.6) is 0 Å². The fourth-order valence-corrected chi connectivity index (χ4v) is 2.11. The molecule has 0 bridgehead atoms. The molecule has 0 aromatic carbocycles. The van der Waals surface area contributed by atoms with Crippen molar-refractivity contribution in [2.45, 2.75) is 6.18 Å². The zero-order valence-corrected chi connectivity index (χ0v) is 9.33. The molecule has 0 aliphatic carbocycles. The van der Waals surface area contributed by atoms with E-state index in [1.807, 2.05) is 0 Å². The molecule has 0 spiro atoms. The molecule has 0 fully saturated rings. The molecule has 0 heterocycles. The van der Waals surface area contributed by atoms with Crippen LogP contribution in [0.15, 0.2) is 11.4 Å². The zero-order valence-electron chi connectivity index (χ0n) is 8.44. The Labute approximate surface area is 87.3 Å². The maximum atomic E-state index is 13.8. The summed E-state index contributed by atoms with van der Waals surface area (Å²) in [4.78, 5) is 0. The molecule has 0 saturated carbocycles. The Kier molecular flexibility index (Phi) is 4.38. The van der Waals surface area contributed by atoms with Gasteiger partial charge >= 0.3 is 86.2 Å². The predicted molar refractivity (Wildman–Crippen MR) is 44.4 cm³/mol. The van der Waals surface area contributed by atoms with Gasteiger partial charge in [0, 0.05) is 0 Å². The van der Waals surface area contributed by atoms with E-state index in [1.165, 1.54) is 0 Å². The first-order valence-electron chi connectivity index (χ1n) is 3.61. The van der Waals surface area contributed by atoms with Crippen LogP contribution in [0.2, 0.25) is 0 Å². The molecule has 0 rings (SSSR count). The second kappa shape index (κ2) is 4.48. The molecule has 98 valence electrons. The van der Waals surface area contributed by atoms with Crippen LogP contribution in [0.1, 0.15) is 0 Å². The van der Waals surface area contributed by atoms with Gasteiger partial charge in [0.2, 0.25) is 0 Å². The number of alkyl halides is 3. The quantitative estimate of drug-likeness (QED) is 0.576. The summed E-state index contributed by atoms with van der Waals surface area (Å²) in [6, 6.07) is 0. The van der Waals surface area contributed by atoms with Gasteiger partial charge in [0.15, 0.2) is 0 Å². The summed E-state index contributed by atoms with van der Waals surface area (Å²) in [5.74, 6) is -3.29. The Balaban J connectivity index is 5.78. The summed E-state index contributed by atoms with van der Waals surface area (Å²) in [6.07, 6.45) is -5.70. The topological polar surface area (TPSA) is 27.7 Å². The van der Waals surface area contributed by atoms with Crippen molar-refractivity contribution in [2.24, 2.45) is 0 Å². The first kappa shape index (κ1) is 15.6. The Morgan fingerprint density at radius 2 is 1.25 bits per heavy atom. The van der Waals surface area contributed by atoms with E-state index in [9.17, 15) is 26.1 Å². The van der Waals surface area contributed by atoms with Crippen molar-refractivity contribution in [3.8, 4) is 0 Å². The van der Waals surface area contributed by atoms with Gasteiger partial charge in [0.25, 0.3) is 0 Å². The molecule has 0 atom stereocenters. The number of allylic oxidation sites excluding steroid dienone is 1. The van der Waals surface area contributed by atoms with Gasteiger partial charge in [-0.05, 0) is 0 Å². The van der Waals surface area contributed by atoms with E-state index in [1.54, 1.807) is 0 Å². The second-order valence-corrected chi connectivity index (χ2v) is 5.51. The van der Waals surface area contributed by atoms with Gasteiger partial charge in [-0.25, -0.2) is 0 Å². The molecule has 0 unspecified atom stereocenters. The van der Waals surface area contributed by atoms with Crippen molar-refractivity contribution >= 4 is 7.59 Å². The van der Waals surface area contributed by atoms with Crippen molar-refractivity contribution < 1.29 is 39.7 Å². The van der Waals surface area contributed by atoms with E-state index in [0.29, 0.717) is 21.3 Å². The number of hydrogen-bond acceptors (Lipinski definition) is 3. The summed E-state index contributed by atoms with van der Waals surface area (Å²) < 4.78 is 86.5. The number of rotatable bonds is 4. The van der Waals surface area contributed by atoms with E-state index in [4.69, 9.17) is 0 Å². The SMILES string of the molecule is COP(F)(OC)(OC)/C(F)=C(\F)C(F)(F)F. The first-order valence-corrected chi connectivity index (χ1v) is 5.49. The minimum absolute atomic E-state index is 0.494. The van der Waals surface area contributed by atoms with Crippen LogP contribution >= 0.6 is 7.59 Å². The van der Waals surface area contributed by atoms with E-state index in [2.05, 4.69) is 13.6 Å². The van der Waals surface area contributed by atoms with Crippen LogP contribution in [0.3, 0.4) is 0 Å². The maximum absolute atomic E-state index is 13.8. The molecular formula is C6H9F6O3P. The zero-order chi connectivity index (χ0) is 13.2. The number of halogens is 6. The summed E-state index contributed by atoms with van der Waals surface area (Å²) in [6.45, 7) is 0. The van der Waals surface area contributed by atoms with Crippen molar-refractivity contribution in [1.82, 2.24) is 0 Å². The minimum atomic E-state index is -6.35. The van der Waals surface area contributed by atoms with E-state index < -0.39 is 25.2 Å². The van der Waals surface area contributed by atoms with E-state index in [0.717, 1.165) is 0 Å². The Bertz CT molecular complexity index is 286. The van der Waals surface area contributed by atoms with Crippen LogP contribution in [-0.2, 0) is 13.6 Å². The summed E-state index contributed by atoms with van der Waals surface area (Å²) in [5, 5.41) is 0. The van der Waals surface area contributed by atoms with Gasteiger partial charge in [-0.15, -0.1) is 0 Å². The molecule has 0 aliphatic heterocycles. The molecule has 0 aromatic rings. The molecule has 0 amide bonds. The van der Waals surface area contributed by atoms with Gasteiger partial charge in [0.1, 0.15) is 0 Å². The van der Waals surface area contributed by atoms with Gasteiger partial charge in [-0.1, -0.05) is 0 Å². The van der Waals surface area contributed by atoms with Gasteiger partial charge in [-0.3, -0.25) is 0 Å². The summed E-state index contributed by atoms with van der Waals surface area (Å²) in [7, 11) is -4.87. The molecule has 0 aromatic heterocycles. The average molecular weight is 274 g/mol. The van der Waals surface area contributed by atoms with Crippen LogP contribution in [0.4, 0.5) is 26.1 Å². The first-order chi connectivity index (χ1) is 7.05. The van der Waals surface area contributed by atoms with Crippen LogP contribution in [-0.4, -0.2) is 27.5 Å². The molecule has 0 radical (unpaired) electrons. The van der Waals surface area contributed by atoms with Crippen molar-refractivity contribution in [3.05, 3.63) is 11.4 Å². The monoisotopic (exact) mass is 274 g/mol. The standard InChI is InChI=1S/C6H9F6O3P/c1-13-16(12,14-2,15-3)5(8)4(7)6(9,10)11/h1-3H3/b5-4-. The van der Waals surface area contributed by atoms with Crippen molar-refractivity contribution in [1.29, 1.82) is 0 Å². The van der Waals surface area contributed by atoms with Crippen LogP contribution in [0.25, 0.3) is 0 Å². The number of hydrogen-bond donors (Lipinski definition) is 0. The molecule has 0 saturated heterocycles. The summed E-state index contributed by atoms with van der Waals surface area (Å²) >= 11 is 0. The molecule has 3 nitrogen and oxygen atoms in total. The predicted octanol–water partition coefficient (Wildman–Crippen LogP) is 3.78. The molecule has 0 aliphatic rings. The molecule has 10 heteroatoms. The second-order valence-electron chi connectivity index (χ2n) is 2.44. The Morgan fingerprint density at radius 1 is 0.938 bits per heavy atom. The summed E-state index contributed by atoms with van der Waals surface area (Å²) in [5.41, 5.74) is -2.88. The van der Waals surface area contributed by atoms with Gasteiger partial charge in [-0.2, -0.15) is 0 Å². The Hall–Kier alpha value is -0.370. The van der Waals surface area contributed by atoms with Crippen molar-refractivity contribution in [3.63, 3.8) is 0 Å². The fourth-order valence-electron chi connectivity index (χ4n) is 0.738. The third kappa shape index (κ3) is 2.48. The van der Waals surface area contributed by atoms with Crippen LogP contribution < -0.4 is 0 Å². The van der Waals surface area contributed by atoms with Crippen molar-refractivity contribution in [2.75, 3.05) is 21.3 Å². The Morgan fingerprint density at radius 3 is 1.44 bits per heavy atom. The van der Waals surface area contributed by atoms with E-state index >= 15 is 0 Å². The molecular weight excluding hydrogens is 265 g/mol. The van der Waals surface area contributed by atoms with Crippen LogP contribution in [0, 0.1) is 0 Å². The molecule has 0 N–H and O–H groups in total. The normalized spacial score (nSPS) is 17.7.